The number of hydroxylamine groups is 4. The van der Waals surface area contributed by atoms with E-state index in [9.17, 15) is 5.21 Å². The Bertz CT molecular complexity index is 76.1. The first-order chi connectivity index (χ1) is 3.71. The molecule has 1 saturated heterocycles. The number of quaternary nitrogens is 1. The van der Waals surface area contributed by atoms with Crippen LogP contribution in [0.4, 0.5) is 0 Å². The van der Waals surface area contributed by atoms with Crippen LogP contribution in [0.15, 0.2) is 0 Å². The molecule has 1 aliphatic heterocycles. The highest BCUT2D eigenvalue weighted by molar-refractivity contribution is 4.51. The minimum Gasteiger partial charge on any atom is -0.598 e. The zero-order valence-electron chi connectivity index (χ0n) is 4.63. The summed E-state index contributed by atoms with van der Waals surface area (Å²) in [5, 5.41) is 22.3. The molecule has 4 heteroatoms. The van der Waals surface area contributed by atoms with E-state index < -0.39 is 4.81 Å². The largest absolute Gasteiger partial charge is 0.598 e. The van der Waals surface area contributed by atoms with E-state index in [1.807, 2.05) is 0 Å². The van der Waals surface area contributed by atoms with Crippen LogP contribution >= 0.6 is 0 Å². The third-order valence-electron chi connectivity index (χ3n) is 1.28. The summed E-state index contributed by atoms with van der Waals surface area (Å²) in [5.41, 5.74) is 0. The van der Waals surface area contributed by atoms with Crippen molar-refractivity contribution in [2.24, 2.45) is 0 Å². The molecule has 0 spiro atoms. The Morgan fingerprint density at radius 3 is 2.12 bits per heavy atom. The lowest BCUT2D eigenvalue weighted by molar-refractivity contribution is -1.06. The fourth-order valence-corrected chi connectivity index (χ4v) is 0.744. The zero-order valence-corrected chi connectivity index (χ0v) is 4.63. The van der Waals surface area contributed by atoms with Gasteiger partial charge in [-0.1, -0.05) is 0 Å². The highest BCUT2D eigenvalue weighted by atomic mass is 16.8. The summed E-state index contributed by atoms with van der Waals surface area (Å²) in [4.78, 5) is -1.06. The Morgan fingerprint density at radius 1 is 1.38 bits per heavy atom. The first-order valence-corrected chi connectivity index (χ1v) is 2.72. The van der Waals surface area contributed by atoms with Crippen molar-refractivity contribution in [1.82, 2.24) is 5.32 Å². The molecule has 0 atom stereocenters. The van der Waals surface area contributed by atoms with Crippen LogP contribution in [0.1, 0.15) is 0 Å². The lowest BCUT2D eigenvalue weighted by Gasteiger charge is -2.36. The predicted molar refractivity (Wildman–Crippen MR) is 28.0 cm³/mol. The summed E-state index contributed by atoms with van der Waals surface area (Å²) in [6, 6.07) is 0. The molecular formula is C4H10N2O2. The zero-order chi connectivity index (χ0) is 6.04. The number of nitrogens with one attached hydrogen (secondary N) is 1. The van der Waals surface area contributed by atoms with E-state index >= 15 is 0 Å². The van der Waals surface area contributed by atoms with Crippen molar-refractivity contribution < 1.29 is 10.0 Å². The van der Waals surface area contributed by atoms with Crippen molar-refractivity contribution in [2.75, 3.05) is 26.2 Å². The van der Waals surface area contributed by atoms with Gasteiger partial charge in [-0.15, -0.1) is 0 Å². The Balaban J connectivity index is 2.33. The van der Waals surface area contributed by atoms with Crippen LogP contribution in [0.25, 0.3) is 0 Å². The molecule has 1 aliphatic rings. The molecule has 1 rings (SSSR count). The van der Waals surface area contributed by atoms with Crippen molar-refractivity contribution in [2.45, 2.75) is 0 Å². The van der Waals surface area contributed by atoms with E-state index in [1.54, 1.807) is 0 Å². The summed E-state index contributed by atoms with van der Waals surface area (Å²) in [7, 11) is 0. The van der Waals surface area contributed by atoms with Gasteiger partial charge in [-0.25, -0.2) is 10.0 Å². The van der Waals surface area contributed by atoms with Crippen LogP contribution in [0.3, 0.4) is 0 Å². The molecule has 0 radical (unpaired) electrons. The summed E-state index contributed by atoms with van der Waals surface area (Å²) in [6.07, 6.45) is 0. The van der Waals surface area contributed by atoms with Gasteiger partial charge in [0.2, 0.25) is 0 Å². The number of nitrogens with zero attached hydrogens (tertiary/aromatic N) is 1. The molecule has 1 fully saturated rings. The SMILES string of the molecule is [O-][N+]1(O)CCNCC1. The van der Waals surface area contributed by atoms with Crippen LogP contribution in [0, 0.1) is 5.21 Å². The van der Waals surface area contributed by atoms with Crippen LogP contribution < -0.4 is 5.32 Å². The van der Waals surface area contributed by atoms with Crippen molar-refractivity contribution >= 4 is 0 Å². The number of hydrogen-bond donors (Lipinski definition) is 2. The molecule has 4 nitrogen and oxygen atoms in total. The Labute approximate surface area is 47.8 Å². The molecule has 0 bridgehead atoms. The summed E-state index contributed by atoms with van der Waals surface area (Å²) in [5.74, 6) is 0. The smallest absolute Gasteiger partial charge is 0.121 e. The van der Waals surface area contributed by atoms with Gasteiger partial charge in [-0.05, 0) is 0 Å². The normalized spacial score (nSPS) is 27.8. The van der Waals surface area contributed by atoms with Crippen LogP contribution in [-0.2, 0) is 0 Å². The first kappa shape index (κ1) is 5.97. The van der Waals surface area contributed by atoms with E-state index in [4.69, 9.17) is 5.21 Å². The minimum atomic E-state index is -1.06. The highest BCUT2D eigenvalue weighted by Gasteiger charge is 2.16. The third kappa shape index (κ3) is 1.41. The van der Waals surface area contributed by atoms with Crippen molar-refractivity contribution in [3.63, 3.8) is 0 Å². The van der Waals surface area contributed by atoms with Gasteiger partial charge >= 0.3 is 0 Å². The van der Waals surface area contributed by atoms with Crippen LogP contribution in [0.5, 0.6) is 0 Å². The Kier molecular flexibility index (Phi) is 1.48. The van der Waals surface area contributed by atoms with E-state index in [-0.39, 0.29) is 13.1 Å². The second-order valence-corrected chi connectivity index (χ2v) is 2.04. The lowest BCUT2D eigenvalue weighted by Crippen LogP contribution is -2.52. The molecule has 0 amide bonds. The standard InChI is InChI=1S/C4H10N2O2/c7-6(8)3-1-5-2-4-6/h5,7H,1-4H2. The van der Waals surface area contributed by atoms with Crippen molar-refractivity contribution in [3.05, 3.63) is 5.21 Å². The molecule has 0 aliphatic carbocycles. The summed E-state index contributed by atoms with van der Waals surface area (Å²) in [6.45, 7) is 1.81. The van der Waals surface area contributed by atoms with Gasteiger partial charge in [0.05, 0.1) is 0 Å². The second-order valence-electron chi connectivity index (χ2n) is 2.04. The van der Waals surface area contributed by atoms with Gasteiger partial charge in [-0.2, -0.15) is 0 Å². The van der Waals surface area contributed by atoms with Gasteiger partial charge in [0.25, 0.3) is 0 Å². The quantitative estimate of drug-likeness (QED) is 0.326. The highest BCUT2D eigenvalue weighted by Crippen LogP contribution is 1.98. The van der Waals surface area contributed by atoms with Gasteiger partial charge in [-0.3, -0.25) is 0 Å². The van der Waals surface area contributed by atoms with E-state index in [0.717, 1.165) is 0 Å². The number of piperazine rings is 1. The second kappa shape index (κ2) is 1.99. The molecule has 0 aromatic rings. The molecule has 8 heavy (non-hydrogen) atoms. The topological polar surface area (TPSA) is 55.3 Å². The van der Waals surface area contributed by atoms with Crippen molar-refractivity contribution in [1.29, 1.82) is 0 Å². The van der Waals surface area contributed by atoms with E-state index in [2.05, 4.69) is 5.32 Å². The van der Waals surface area contributed by atoms with E-state index in [0.29, 0.717) is 13.1 Å². The first-order valence-electron chi connectivity index (χ1n) is 2.72. The van der Waals surface area contributed by atoms with Crippen molar-refractivity contribution in [3.8, 4) is 0 Å². The van der Waals surface area contributed by atoms with Gasteiger partial charge in [0.15, 0.2) is 0 Å². The maximum atomic E-state index is 10.6. The maximum Gasteiger partial charge on any atom is 0.121 e. The van der Waals surface area contributed by atoms with Gasteiger partial charge in [0.1, 0.15) is 13.1 Å². The summed E-state index contributed by atoms with van der Waals surface area (Å²) < 4.78 is 0. The Morgan fingerprint density at radius 2 is 1.88 bits per heavy atom. The van der Waals surface area contributed by atoms with E-state index in [1.165, 1.54) is 0 Å². The molecule has 48 valence electrons. The number of rotatable bonds is 0. The molecule has 0 saturated carbocycles. The number of hydrogen-bond acceptors (Lipinski definition) is 3. The maximum absolute atomic E-state index is 10.6. The van der Waals surface area contributed by atoms with Crippen LogP contribution in [-0.4, -0.2) is 36.2 Å². The Hall–Kier alpha value is -0.160. The fraction of sp³-hybridized carbons (Fsp3) is 1.00. The average Bonchev–Trinajstić information content (AvgIpc) is 1.65. The van der Waals surface area contributed by atoms with Crippen LogP contribution in [0.2, 0.25) is 0 Å². The third-order valence-corrected chi connectivity index (χ3v) is 1.28. The summed E-state index contributed by atoms with van der Waals surface area (Å²) >= 11 is 0. The minimum absolute atomic E-state index is 0.278. The molecule has 2 N–H and O–H groups in total. The predicted octanol–water partition coefficient (Wildman–Crippen LogP) is -0.707. The molecule has 1 heterocycles. The molecule has 0 aromatic carbocycles. The molecular weight excluding hydrogens is 108 g/mol. The van der Waals surface area contributed by atoms with Gasteiger partial charge < -0.3 is 10.5 Å². The van der Waals surface area contributed by atoms with Gasteiger partial charge in [0, 0.05) is 13.1 Å². The lowest BCUT2D eigenvalue weighted by atomic mass is 10.4. The molecule has 0 aromatic heterocycles. The monoisotopic (exact) mass is 118 g/mol. The average molecular weight is 118 g/mol. The fourth-order valence-electron chi connectivity index (χ4n) is 0.744. The molecule has 0 unspecified atom stereocenters.